The molecule has 3 rings (SSSR count). The van der Waals surface area contributed by atoms with E-state index in [0.29, 0.717) is 23.3 Å². The fourth-order valence-electron chi connectivity index (χ4n) is 3.74. The van der Waals surface area contributed by atoms with Gasteiger partial charge in [0.05, 0.1) is 11.8 Å². The number of rotatable bonds is 7. The number of unbranched alkanes of at least 4 members (excludes halogenated alkanes) is 1. The lowest BCUT2D eigenvalue weighted by Gasteiger charge is -2.28. The second kappa shape index (κ2) is 7.79. The Bertz CT molecular complexity index is 889. The third-order valence-corrected chi connectivity index (χ3v) is 6.91. The van der Waals surface area contributed by atoms with Gasteiger partial charge in [0, 0.05) is 12.6 Å². The molecule has 2 aromatic heterocycles. The molecule has 7 nitrogen and oxygen atoms in total. The highest BCUT2D eigenvalue weighted by atomic mass is 31.2. The van der Waals surface area contributed by atoms with E-state index in [1.165, 1.54) is 0 Å². The lowest BCUT2D eigenvalue weighted by Crippen LogP contribution is -2.44. The molecular weight excluding hydrogens is 375 g/mol. The molecular formula is C20H33N4O3P. The van der Waals surface area contributed by atoms with Gasteiger partial charge in [0.1, 0.15) is 23.0 Å². The highest BCUT2D eigenvalue weighted by Crippen LogP contribution is 2.44. The minimum Gasteiger partial charge on any atom is -0.397 e. The Morgan fingerprint density at radius 1 is 1.43 bits per heavy atom. The minimum atomic E-state index is -1.46. The van der Waals surface area contributed by atoms with Crippen LogP contribution in [0.4, 0.5) is 5.69 Å². The predicted molar refractivity (Wildman–Crippen MR) is 116 cm³/mol. The molecule has 0 aromatic carbocycles. The quantitative estimate of drug-likeness (QED) is 0.608. The number of aliphatic hydroxyl groups is 2. The first-order valence-corrected chi connectivity index (χ1v) is 13.0. The zero-order chi connectivity index (χ0) is 20.7. The predicted octanol–water partition coefficient (Wildman–Crippen LogP) is 2.46. The van der Waals surface area contributed by atoms with Gasteiger partial charge in [0.2, 0.25) is 0 Å². The number of aryl methyl sites for hydroxylation is 1. The molecule has 28 heavy (non-hydrogen) atoms. The van der Waals surface area contributed by atoms with Gasteiger partial charge in [-0.25, -0.2) is 9.97 Å². The first kappa shape index (κ1) is 21.3. The summed E-state index contributed by atoms with van der Waals surface area (Å²) >= 11 is 0. The van der Waals surface area contributed by atoms with Crippen molar-refractivity contribution in [3.8, 4) is 0 Å². The fraction of sp³-hybridized carbons (Fsp3) is 0.650. The molecule has 1 saturated heterocycles. The molecule has 8 heteroatoms. The van der Waals surface area contributed by atoms with Crippen molar-refractivity contribution in [3.05, 3.63) is 18.1 Å². The maximum absolute atomic E-state index is 11.2. The molecule has 1 aliphatic rings. The summed E-state index contributed by atoms with van der Waals surface area (Å²) in [5, 5.41) is 22.0. The van der Waals surface area contributed by atoms with E-state index in [4.69, 9.17) is 15.5 Å². The fourth-order valence-corrected chi connectivity index (χ4v) is 4.69. The first-order valence-electron chi connectivity index (χ1n) is 9.90. The Hall–Kier alpha value is -1.40. The van der Waals surface area contributed by atoms with Crippen molar-refractivity contribution in [2.24, 2.45) is 0 Å². The summed E-state index contributed by atoms with van der Waals surface area (Å²) in [6.07, 6.45) is 7.86. The second-order valence-corrected chi connectivity index (χ2v) is 13.0. The van der Waals surface area contributed by atoms with Gasteiger partial charge in [0.15, 0.2) is 11.9 Å². The van der Waals surface area contributed by atoms with E-state index in [1.54, 1.807) is 19.2 Å². The van der Waals surface area contributed by atoms with Crippen molar-refractivity contribution in [3.63, 3.8) is 0 Å². The Labute approximate surface area is 166 Å². The van der Waals surface area contributed by atoms with Crippen molar-refractivity contribution in [2.45, 2.75) is 63.6 Å². The van der Waals surface area contributed by atoms with Crippen LogP contribution in [0.3, 0.4) is 0 Å². The van der Waals surface area contributed by atoms with Gasteiger partial charge in [-0.1, -0.05) is 13.3 Å². The Morgan fingerprint density at radius 2 is 2.14 bits per heavy atom. The summed E-state index contributed by atoms with van der Waals surface area (Å²) in [6.45, 7) is 6.79. The third kappa shape index (κ3) is 3.99. The zero-order valence-corrected chi connectivity index (χ0v) is 18.2. The van der Waals surface area contributed by atoms with Crippen molar-refractivity contribution in [1.29, 1.82) is 0 Å². The number of pyridine rings is 1. The van der Waals surface area contributed by atoms with Crippen LogP contribution >= 0.6 is 6.89 Å². The van der Waals surface area contributed by atoms with E-state index in [0.717, 1.165) is 31.2 Å². The number of fused-ring (bicyclic) bond motifs is 1. The van der Waals surface area contributed by atoms with E-state index >= 15 is 0 Å². The summed E-state index contributed by atoms with van der Waals surface area (Å²) in [6, 6.07) is 1.72. The van der Waals surface area contributed by atoms with Crippen LogP contribution in [0.1, 0.15) is 45.2 Å². The Balaban J connectivity index is 2.02. The molecule has 0 unspecified atom stereocenters. The van der Waals surface area contributed by atoms with Gasteiger partial charge in [-0.05, 0) is 45.3 Å². The van der Waals surface area contributed by atoms with Crippen molar-refractivity contribution < 1.29 is 14.9 Å². The number of nitrogens with zero attached hydrogens (tertiary/aromatic N) is 3. The molecule has 1 fully saturated rings. The van der Waals surface area contributed by atoms with Gasteiger partial charge < -0.3 is 20.7 Å². The van der Waals surface area contributed by atoms with Crippen LogP contribution < -0.4 is 5.73 Å². The molecule has 0 bridgehead atoms. The van der Waals surface area contributed by atoms with Crippen LogP contribution in [0, 0.1) is 0 Å². The van der Waals surface area contributed by atoms with E-state index in [9.17, 15) is 10.2 Å². The smallest absolute Gasteiger partial charge is 0.168 e. The van der Waals surface area contributed by atoms with Crippen LogP contribution in [0.2, 0.25) is 0 Å². The van der Waals surface area contributed by atoms with Gasteiger partial charge in [-0.2, -0.15) is 0 Å². The zero-order valence-electron chi connectivity index (χ0n) is 17.3. The normalized spacial score (nSPS) is 28.3. The van der Waals surface area contributed by atoms with Crippen LogP contribution in [-0.2, 0) is 11.2 Å². The maximum Gasteiger partial charge on any atom is 0.168 e. The topological polar surface area (TPSA) is 106 Å². The molecule has 0 radical (unpaired) electrons. The molecule has 0 spiro atoms. The van der Waals surface area contributed by atoms with E-state index in [-0.39, 0.29) is 0 Å². The summed E-state index contributed by atoms with van der Waals surface area (Å²) in [4.78, 5) is 9.15. The number of aliphatic hydroxyl groups excluding tert-OH is 1. The standard InChI is InChI=1S/C20H33N4O3P/c1-6-7-8-15-23-16-13(21)9-11-22-18(16)24(15)19-20(2,26)17(25)14(27-19)10-12-28(3,4)5/h9,11,14,17,19,25-26H,3,6-8,10,12H2,1-2,4-5H3,(H2,21,22)/t14-,17-,19-,20-/m1/s1. The molecule has 3 heterocycles. The van der Waals surface area contributed by atoms with Gasteiger partial charge >= 0.3 is 0 Å². The summed E-state index contributed by atoms with van der Waals surface area (Å²) in [7, 11) is 0. The van der Waals surface area contributed by atoms with Crippen LogP contribution in [-0.4, -0.2) is 68.3 Å². The molecule has 1 aliphatic heterocycles. The van der Waals surface area contributed by atoms with Crippen molar-refractivity contribution >= 4 is 30.0 Å². The second-order valence-electron chi connectivity index (χ2n) is 8.72. The van der Waals surface area contributed by atoms with Gasteiger partial charge in [-0.3, -0.25) is 4.57 Å². The number of hydrogen-bond acceptors (Lipinski definition) is 6. The molecule has 156 valence electrons. The summed E-state index contributed by atoms with van der Waals surface area (Å²) in [5.74, 6) is 0.769. The number of anilines is 1. The van der Waals surface area contributed by atoms with E-state index < -0.39 is 30.9 Å². The lowest BCUT2D eigenvalue weighted by atomic mass is 9.95. The largest absolute Gasteiger partial charge is 0.397 e. The van der Waals surface area contributed by atoms with Crippen molar-refractivity contribution in [1.82, 2.24) is 14.5 Å². The Morgan fingerprint density at radius 3 is 2.79 bits per heavy atom. The van der Waals surface area contributed by atoms with Crippen molar-refractivity contribution in [2.75, 3.05) is 25.2 Å². The van der Waals surface area contributed by atoms with Gasteiger partial charge in [0.25, 0.3) is 0 Å². The summed E-state index contributed by atoms with van der Waals surface area (Å²) in [5.41, 5.74) is 6.38. The molecule has 0 amide bonds. The highest BCUT2D eigenvalue weighted by molar-refractivity contribution is 7.72. The summed E-state index contributed by atoms with van der Waals surface area (Å²) < 4.78 is 8.06. The molecule has 0 aliphatic carbocycles. The Kier molecular flexibility index (Phi) is 5.93. The maximum atomic E-state index is 11.2. The number of nitrogen functional groups attached to an aromatic ring is 1. The van der Waals surface area contributed by atoms with Crippen LogP contribution in [0.5, 0.6) is 0 Å². The molecule has 0 saturated carbocycles. The third-order valence-electron chi connectivity index (χ3n) is 5.45. The number of imidazole rings is 1. The van der Waals surface area contributed by atoms with E-state index in [1.807, 2.05) is 4.57 Å². The number of aromatic nitrogens is 3. The number of nitrogens with two attached hydrogens (primary N) is 1. The van der Waals surface area contributed by atoms with E-state index in [2.05, 4.69) is 31.5 Å². The monoisotopic (exact) mass is 408 g/mol. The number of ether oxygens (including phenoxy) is 1. The highest BCUT2D eigenvalue weighted by Gasteiger charge is 2.53. The molecule has 4 atom stereocenters. The number of hydrogen-bond donors (Lipinski definition) is 3. The SMILES string of the molecule is C=P(C)(C)CC[C@H]1O[C@@H](n2c(CCCC)nc3c(N)ccnc32)[C@](C)(O)[C@@H]1O. The minimum absolute atomic E-state index is 0.460. The average molecular weight is 408 g/mol. The van der Waals surface area contributed by atoms with Gasteiger partial charge in [-0.15, -0.1) is 13.2 Å². The first-order chi connectivity index (χ1) is 13.1. The molecule has 2 aromatic rings. The molecule has 4 N–H and O–H groups in total. The average Bonchev–Trinajstić information content (AvgIpc) is 3.07. The lowest BCUT2D eigenvalue weighted by molar-refractivity contribution is -0.0950. The van der Waals surface area contributed by atoms with Crippen LogP contribution in [0.15, 0.2) is 12.3 Å². The van der Waals surface area contributed by atoms with Crippen LogP contribution in [0.25, 0.3) is 11.2 Å².